The van der Waals surface area contributed by atoms with Crippen LogP contribution < -0.4 is 14.2 Å². The van der Waals surface area contributed by atoms with Crippen LogP contribution in [0.1, 0.15) is 18.1 Å². The molecule has 1 N–H and O–H groups in total. The van der Waals surface area contributed by atoms with Gasteiger partial charge in [-0.05, 0) is 73.6 Å². The quantitative estimate of drug-likeness (QED) is 0.159. The van der Waals surface area contributed by atoms with Crippen molar-refractivity contribution >= 4 is 62.0 Å². The zero-order valence-corrected chi connectivity index (χ0v) is 22.4. The number of ether oxygens (including phenoxy) is 1. The number of nitro groups is 1. The van der Waals surface area contributed by atoms with E-state index in [4.69, 9.17) is 20.5 Å². The fourth-order valence-electron chi connectivity index (χ4n) is 3.30. The predicted octanol–water partition coefficient (Wildman–Crippen LogP) is 5.61. The van der Waals surface area contributed by atoms with E-state index < -0.39 is 20.9 Å². The highest BCUT2D eigenvalue weighted by Gasteiger charge is 2.26. The Hall–Kier alpha value is -3.87. The maximum absolute atomic E-state index is 12.7. The molecule has 0 aromatic heterocycles. The molecule has 1 aliphatic rings. The molecule has 1 aliphatic heterocycles. The molecule has 0 saturated carbocycles. The van der Waals surface area contributed by atoms with Gasteiger partial charge < -0.3 is 14.2 Å². The fraction of sp³-hybridized carbons (Fsp3) is 0.120. The lowest BCUT2D eigenvalue weighted by Crippen LogP contribution is -2.19. The summed E-state index contributed by atoms with van der Waals surface area (Å²) in [5.74, 6) is -0.285. The molecule has 10 nitrogen and oxygen atoms in total. The Bertz CT molecular complexity index is 1590. The number of thioether (sulfide) groups is 1. The Morgan fingerprint density at radius 3 is 2.53 bits per heavy atom. The Kier molecular flexibility index (Phi) is 8.05. The van der Waals surface area contributed by atoms with Crippen LogP contribution in [0.4, 0.5) is 11.4 Å². The van der Waals surface area contributed by atoms with E-state index in [1.165, 1.54) is 36.4 Å². The molecule has 1 heterocycles. The summed E-state index contributed by atoms with van der Waals surface area (Å²) in [5.41, 5.74) is 1.18. The summed E-state index contributed by atoms with van der Waals surface area (Å²) in [4.78, 5) is 27.7. The summed E-state index contributed by atoms with van der Waals surface area (Å²) in [6, 6.07) is 14.8. The van der Waals surface area contributed by atoms with E-state index in [2.05, 4.69) is 10.3 Å². The van der Waals surface area contributed by atoms with Crippen molar-refractivity contribution in [2.45, 2.75) is 18.7 Å². The number of benzene rings is 3. The topological polar surface area (TPSA) is 137 Å². The molecule has 13 heteroatoms. The maximum Gasteiger partial charge on any atom is 0.339 e. The van der Waals surface area contributed by atoms with Crippen LogP contribution >= 0.6 is 23.4 Å². The van der Waals surface area contributed by atoms with Gasteiger partial charge in [0.15, 0.2) is 16.7 Å². The van der Waals surface area contributed by atoms with Crippen LogP contribution in [-0.4, -0.2) is 31.0 Å². The number of hydrogen-bond acceptors (Lipinski definition) is 9. The van der Waals surface area contributed by atoms with E-state index in [9.17, 15) is 23.3 Å². The third kappa shape index (κ3) is 6.33. The van der Waals surface area contributed by atoms with Crippen LogP contribution in [0.25, 0.3) is 6.08 Å². The lowest BCUT2D eigenvalue weighted by molar-refractivity contribution is -0.384. The first-order valence-corrected chi connectivity index (χ1v) is 13.7. The Labute approximate surface area is 227 Å². The molecule has 0 aliphatic carbocycles. The highest BCUT2D eigenvalue weighted by Crippen LogP contribution is 2.36. The minimum Gasteiger partial charge on any atom is -0.490 e. The summed E-state index contributed by atoms with van der Waals surface area (Å²) < 4.78 is 36.4. The lowest BCUT2D eigenvalue weighted by Gasteiger charge is -2.13. The normalized spacial score (nSPS) is 15.5. The molecular weight excluding hydrogens is 554 g/mol. The molecular formula is C25H20ClN3O7S2. The van der Waals surface area contributed by atoms with E-state index in [-0.39, 0.29) is 49.5 Å². The molecule has 0 radical (unpaired) electrons. The molecule has 1 amide bonds. The van der Waals surface area contributed by atoms with Crippen molar-refractivity contribution in [1.82, 2.24) is 5.32 Å². The predicted molar refractivity (Wildman–Crippen MR) is 146 cm³/mol. The van der Waals surface area contributed by atoms with Gasteiger partial charge in [0.2, 0.25) is 0 Å². The van der Waals surface area contributed by atoms with E-state index in [0.717, 1.165) is 17.3 Å². The fourth-order valence-corrected chi connectivity index (χ4v) is 5.24. The minimum atomic E-state index is -4.10. The number of rotatable bonds is 8. The van der Waals surface area contributed by atoms with Crippen LogP contribution in [0.5, 0.6) is 11.5 Å². The molecule has 38 heavy (non-hydrogen) atoms. The molecule has 0 bridgehead atoms. The summed E-state index contributed by atoms with van der Waals surface area (Å²) >= 11 is 6.83. The summed E-state index contributed by atoms with van der Waals surface area (Å²) in [7, 11) is -4.10. The number of carbonyl (C=O) groups excluding carboxylic acids is 1. The molecule has 0 atom stereocenters. The second-order valence-electron chi connectivity index (χ2n) is 7.86. The number of hydrogen-bond donors (Lipinski definition) is 1. The van der Waals surface area contributed by atoms with Gasteiger partial charge in [-0.1, -0.05) is 35.4 Å². The molecule has 0 spiro atoms. The number of nitrogens with zero attached hydrogens (tertiary/aromatic N) is 2. The van der Waals surface area contributed by atoms with Gasteiger partial charge in [0.1, 0.15) is 10.6 Å². The van der Waals surface area contributed by atoms with Crippen molar-refractivity contribution in [1.29, 1.82) is 0 Å². The molecule has 3 aromatic carbocycles. The van der Waals surface area contributed by atoms with Gasteiger partial charge in [-0.2, -0.15) is 8.42 Å². The third-order valence-corrected chi connectivity index (χ3v) is 7.48. The van der Waals surface area contributed by atoms with E-state index >= 15 is 0 Å². The van der Waals surface area contributed by atoms with E-state index in [0.29, 0.717) is 5.56 Å². The van der Waals surface area contributed by atoms with Gasteiger partial charge in [0, 0.05) is 11.1 Å². The Morgan fingerprint density at radius 2 is 1.84 bits per heavy atom. The smallest absolute Gasteiger partial charge is 0.339 e. The standard InChI is InChI=1S/C25H20ClN3O7S2/c1-3-35-22-12-16(6-11-21(22)36-38(33,34)18-8-4-15(2)5-9-18)13-23-24(30)28-25(37-23)27-19-10-7-17(26)14-20(19)29(31)32/h4-14H,3H2,1-2H3,(H,27,28,30)/b23-13+. The first-order valence-electron chi connectivity index (χ1n) is 11.1. The van der Waals surface area contributed by atoms with Crippen molar-refractivity contribution < 1.29 is 27.1 Å². The number of nitrogens with one attached hydrogen (secondary N) is 1. The first kappa shape index (κ1) is 27.2. The number of nitro benzene ring substituents is 1. The highest BCUT2D eigenvalue weighted by atomic mass is 35.5. The van der Waals surface area contributed by atoms with Crippen molar-refractivity contribution in [3.05, 3.63) is 91.8 Å². The molecule has 4 rings (SSSR count). The number of aryl methyl sites for hydroxylation is 1. The zero-order chi connectivity index (χ0) is 27.4. The van der Waals surface area contributed by atoms with E-state index in [1.54, 1.807) is 37.3 Å². The molecule has 3 aromatic rings. The monoisotopic (exact) mass is 573 g/mol. The minimum absolute atomic E-state index is 0.00325. The van der Waals surface area contributed by atoms with Crippen LogP contribution in [-0.2, 0) is 14.9 Å². The van der Waals surface area contributed by atoms with Crippen molar-refractivity contribution in [2.24, 2.45) is 4.99 Å². The summed E-state index contributed by atoms with van der Waals surface area (Å²) in [5, 5.41) is 14.2. The maximum atomic E-state index is 12.7. The lowest BCUT2D eigenvalue weighted by atomic mass is 10.2. The highest BCUT2D eigenvalue weighted by molar-refractivity contribution is 8.18. The number of amidine groups is 1. The average molecular weight is 574 g/mol. The van der Waals surface area contributed by atoms with Gasteiger partial charge in [0.25, 0.3) is 11.6 Å². The summed E-state index contributed by atoms with van der Waals surface area (Å²) in [6.45, 7) is 3.83. The Morgan fingerprint density at radius 1 is 1.11 bits per heavy atom. The number of halogens is 1. The molecule has 1 saturated heterocycles. The SMILES string of the molecule is CCOc1cc(/C=C2/SC(=Nc3ccc(Cl)cc3[N+](=O)[O-])NC2=O)ccc1OS(=O)(=O)c1ccc(C)cc1. The van der Waals surface area contributed by atoms with Crippen LogP contribution in [0.15, 0.2) is 75.5 Å². The van der Waals surface area contributed by atoms with Gasteiger partial charge in [-0.15, -0.1) is 0 Å². The molecule has 0 unspecified atom stereocenters. The van der Waals surface area contributed by atoms with Crippen molar-refractivity contribution in [3.8, 4) is 11.5 Å². The van der Waals surface area contributed by atoms with Gasteiger partial charge in [-0.25, -0.2) is 4.99 Å². The molecule has 1 fully saturated rings. The second-order valence-corrected chi connectivity index (χ2v) is 10.9. The Balaban J connectivity index is 1.59. The third-order valence-electron chi connectivity index (χ3n) is 5.08. The van der Waals surface area contributed by atoms with E-state index in [1.807, 2.05) is 6.92 Å². The number of aliphatic imine (C=N–C) groups is 1. The van der Waals surface area contributed by atoms with Gasteiger partial charge in [0.05, 0.1) is 16.4 Å². The van der Waals surface area contributed by atoms with Crippen molar-refractivity contribution in [2.75, 3.05) is 6.61 Å². The zero-order valence-electron chi connectivity index (χ0n) is 20.0. The number of carbonyl (C=O) groups is 1. The van der Waals surface area contributed by atoms with Crippen molar-refractivity contribution in [3.63, 3.8) is 0 Å². The van der Waals surface area contributed by atoms with Crippen LogP contribution in [0.2, 0.25) is 5.02 Å². The van der Waals surface area contributed by atoms with Crippen LogP contribution in [0.3, 0.4) is 0 Å². The first-order chi connectivity index (χ1) is 18.1. The van der Waals surface area contributed by atoms with Gasteiger partial charge >= 0.3 is 10.1 Å². The van der Waals surface area contributed by atoms with Gasteiger partial charge in [-0.3, -0.25) is 14.9 Å². The largest absolute Gasteiger partial charge is 0.490 e. The number of amides is 1. The molecule has 196 valence electrons. The average Bonchev–Trinajstić information content (AvgIpc) is 3.20. The van der Waals surface area contributed by atoms with Crippen LogP contribution in [0, 0.1) is 17.0 Å². The summed E-state index contributed by atoms with van der Waals surface area (Å²) in [6.07, 6.45) is 1.56. The second kappa shape index (κ2) is 11.3.